The smallest absolute Gasteiger partial charge is 0.231 e. The van der Waals surface area contributed by atoms with Crippen molar-refractivity contribution in [1.82, 2.24) is 19.5 Å². The lowest BCUT2D eigenvalue weighted by Gasteiger charge is -2.17. The van der Waals surface area contributed by atoms with Gasteiger partial charge in [0.2, 0.25) is 6.79 Å². The number of benzene rings is 1. The number of ether oxygens (including phenoxy) is 3. The Morgan fingerprint density at radius 1 is 1.17 bits per heavy atom. The summed E-state index contributed by atoms with van der Waals surface area (Å²) in [6, 6.07) is 5.62. The van der Waals surface area contributed by atoms with Gasteiger partial charge < -0.3 is 18.8 Å². The summed E-state index contributed by atoms with van der Waals surface area (Å²) in [4.78, 5) is 12.8. The Morgan fingerprint density at radius 3 is 2.75 bits per heavy atom. The highest BCUT2D eigenvalue weighted by molar-refractivity contribution is 5.70. The zero-order chi connectivity index (χ0) is 16.5. The molecule has 3 aromatic rings. The fourth-order valence-electron chi connectivity index (χ4n) is 2.79. The van der Waals surface area contributed by atoms with Gasteiger partial charge in [0.1, 0.15) is 17.9 Å². The summed E-state index contributed by atoms with van der Waals surface area (Å²) >= 11 is 0. The van der Waals surface area contributed by atoms with Crippen LogP contribution in [0.25, 0.3) is 11.4 Å². The van der Waals surface area contributed by atoms with Crippen molar-refractivity contribution in [3.63, 3.8) is 0 Å². The van der Waals surface area contributed by atoms with E-state index in [1.165, 1.54) is 0 Å². The fourth-order valence-corrected chi connectivity index (χ4v) is 2.79. The molecule has 0 amide bonds. The topological polar surface area (TPSA) is 71.3 Å². The maximum Gasteiger partial charge on any atom is 0.231 e. The molecule has 0 spiro atoms. The lowest BCUT2D eigenvalue weighted by atomic mass is 10.1. The number of hydrogen-bond acceptors (Lipinski definition) is 6. The van der Waals surface area contributed by atoms with Crippen molar-refractivity contribution in [2.45, 2.75) is 13.0 Å². The molecule has 0 bridgehead atoms. The van der Waals surface area contributed by atoms with Gasteiger partial charge in [0, 0.05) is 24.7 Å². The number of imidazole rings is 1. The van der Waals surface area contributed by atoms with E-state index >= 15 is 0 Å². The van der Waals surface area contributed by atoms with Crippen LogP contribution in [-0.2, 0) is 0 Å². The molecule has 2 aromatic heterocycles. The van der Waals surface area contributed by atoms with Gasteiger partial charge in [-0.3, -0.25) is 0 Å². The molecule has 0 radical (unpaired) electrons. The van der Waals surface area contributed by atoms with E-state index in [4.69, 9.17) is 14.2 Å². The largest absolute Gasteiger partial charge is 0.496 e. The predicted molar refractivity (Wildman–Crippen MR) is 86.2 cm³/mol. The molecule has 7 heteroatoms. The monoisotopic (exact) mass is 324 g/mol. The third-order valence-electron chi connectivity index (χ3n) is 4.05. The highest BCUT2D eigenvalue weighted by Gasteiger charge is 2.22. The molecule has 0 N–H and O–H groups in total. The van der Waals surface area contributed by atoms with E-state index in [9.17, 15) is 0 Å². The Balaban J connectivity index is 1.81. The SMILES string of the molecule is COc1cc2c(cc1-c1nccn1[C@@H](C)c1ccncn1)OCO2. The molecule has 3 heterocycles. The number of fused-ring (bicyclic) bond motifs is 1. The highest BCUT2D eigenvalue weighted by Crippen LogP contribution is 2.42. The number of methoxy groups -OCH3 is 1. The van der Waals surface area contributed by atoms with Crippen LogP contribution in [-0.4, -0.2) is 33.4 Å². The number of aromatic nitrogens is 4. The first-order valence-corrected chi connectivity index (χ1v) is 7.54. The van der Waals surface area contributed by atoms with E-state index in [2.05, 4.69) is 21.9 Å². The van der Waals surface area contributed by atoms with Gasteiger partial charge in [-0.05, 0) is 19.1 Å². The molecular formula is C17H16N4O3. The van der Waals surface area contributed by atoms with E-state index in [1.807, 2.05) is 29.0 Å². The molecule has 1 aliphatic heterocycles. The van der Waals surface area contributed by atoms with Crippen molar-refractivity contribution >= 4 is 0 Å². The van der Waals surface area contributed by atoms with Crippen molar-refractivity contribution in [1.29, 1.82) is 0 Å². The molecule has 1 atom stereocenters. The Bertz CT molecular complexity index is 864. The normalized spacial score (nSPS) is 13.8. The first-order chi connectivity index (χ1) is 11.8. The van der Waals surface area contributed by atoms with E-state index < -0.39 is 0 Å². The lowest BCUT2D eigenvalue weighted by Crippen LogP contribution is -2.09. The van der Waals surface area contributed by atoms with Crippen LogP contribution in [0, 0.1) is 0 Å². The molecule has 7 nitrogen and oxygen atoms in total. The van der Waals surface area contributed by atoms with Gasteiger partial charge in [-0.15, -0.1) is 0 Å². The third-order valence-corrected chi connectivity index (χ3v) is 4.05. The first-order valence-electron chi connectivity index (χ1n) is 7.54. The molecule has 1 aliphatic rings. The Morgan fingerprint density at radius 2 is 2.00 bits per heavy atom. The molecule has 0 unspecified atom stereocenters. The average Bonchev–Trinajstić information content (AvgIpc) is 3.29. The molecule has 0 saturated carbocycles. The van der Waals surface area contributed by atoms with Crippen molar-refractivity contribution in [3.8, 4) is 28.6 Å². The number of rotatable bonds is 4. The second kappa shape index (κ2) is 5.84. The minimum atomic E-state index is 0.000582. The molecule has 122 valence electrons. The molecule has 0 aliphatic carbocycles. The van der Waals surface area contributed by atoms with Crippen LogP contribution < -0.4 is 14.2 Å². The van der Waals surface area contributed by atoms with Crippen LogP contribution in [0.15, 0.2) is 43.1 Å². The summed E-state index contributed by atoms with van der Waals surface area (Å²) in [5, 5.41) is 0. The second-order valence-corrected chi connectivity index (χ2v) is 5.37. The van der Waals surface area contributed by atoms with Crippen molar-refractivity contribution in [2.24, 2.45) is 0 Å². The van der Waals surface area contributed by atoms with Gasteiger partial charge in [0.15, 0.2) is 11.5 Å². The Kier molecular flexibility index (Phi) is 3.53. The van der Waals surface area contributed by atoms with E-state index in [1.54, 1.807) is 25.8 Å². The van der Waals surface area contributed by atoms with Crippen LogP contribution >= 0.6 is 0 Å². The summed E-state index contributed by atoms with van der Waals surface area (Å²) in [5.74, 6) is 2.82. The Hall–Kier alpha value is -3.09. The molecule has 1 aromatic carbocycles. The van der Waals surface area contributed by atoms with Gasteiger partial charge in [-0.2, -0.15) is 0 Å². The Labute approximate surface area is 138 Å². The zero-order valence-electron chi connectivity index (χ0n) is 13.3. The molecule has 0 fully saturated rings. The minimum absolute atomic E-state index is 0.000582. The minimum Gasteiger partial charge on any atom is -0.496 e. The van der Waals surface area contributed by atoms with Crippen molar-refractivity contribution in [2.75, 3.05) is 13.9 Å². The molecular weight excluding hydrogens is 308 g/mol. The van der Waals surface area contributed by atoms with Gasteiger partial charge in [-0.1, -0.05) is 0 Å². The van der Waals surface area contributed by atoms with Gasteiger partial charge in [0.05, 0.1) is 24.4 Å². The van der Waals surface area contributed by atoms with E-state index in [0.29, 0.717) is 17.2 Å². The van der Waals surface area contributed by atoms with Crippen molar-refractivity contribution < 1.29 is 14.2 Å². The van der Waals surface area contributed by atoms with Gasteiger partial charge in [-0.25, -0.2) is 15.0 Å². The van der Waals surface area contributed by atoms with Crippen LogP contribution in [0.1, 0.15) is 18.7 Å². The predicted octanol–water partition coefficient (Wildman–Crippen LogP) is 2.69. The maximum atomic E-state index is 5.52. The van der Waals surface area contributed by atoms with Gasteiger partial charge >= 0.3 is 0 Å². The quantitative estimate of drug-likeness (QED) is 0.735. The molecule has 24 heavy (non-hydrogen) atoms. The lowest BCUT2D eigenvalue weighted by molar-refractivity contribution is 0.174. The first kappa shape index (κ1) is 14.5. The highest BCUT2D eigenvalue weighted by atomic mass is 16.7. The standard InChI is InChI=1S/C17H16N4O3/c1-11(13-3-4-18-9-20-13)21-6-5-19-17(21)12-7-15-16(24-10-23-15)8-14(12)22-2/h3-9,11H,10H2,1-2H3/t11-/m0/s1. The van der Waals surface area contributed by atoms with Crippen LogP contribution in [0.3, 0.4) is 0 Å². The molecule has 4 rings (SSSR count). The number of hydrogen-bond donors (Lipinski definition) is 0. The average molecular weight is 324 g/mol. The summed E-state index contributed by atoms with van der Waals surface area (Å²) in [7, 11) is 1.63. The maximum absolute atomic E-state index is 5.52. The number of nitrogens with zero attached hydrogens (tertiary/aromatic N) is 4. The van der Waals surface area contributed by atoms with E-state index in [-0.39, 0.29) is 12.8 Å². The van der Waals surface area contributed by atoms with E-state index in [0.717, 1.165) is 17.1 Å². The van der Waals surface area contributed by atoms with Crippen molar-refractivity contribution in [3.05, 3.63) is 48.8 Å². The zero-order valence-corrected chi connectivity index (χ0v) is 13.3. The van der Waals surface area contributed by atoms with Crippen LogP contribution in [0.2, 0.25) is 0 Å². The summed E-state index contributed by atoms with van der Waals surface area (Å²) < 4.78 is 18.5. The van der Waals surface area contributed by atoms with Crippen LogP contribution in [0.4, 0.5) is 0 Å². The summed E-state index contributed by atoms with van der Waals surface area (Å²) in [5.41, 5.74) is 1.75. The van der Waals surface area contributed by atoms with Gasteiger partial charge in [0.25, 0.3) is 0 Å². The second-order valence-electron chi connectivity index (χ2n) is 5.37. The molecule has 0 saturated heterocycles. The fraction of sp³-hybridized carbons (Fsp3) is 0.235. The third kappa shape index (κ3) is 2.34. The summed E-state index contributed by atoms with van der Waals surface area (Å²) in [6.45, 7) is 2.28. The summed E-state index contributed by atoms with van der Waals surface area (Å²) in [6.07, 6.45) is 6.96. The van der Waals surface area contributed by atoms with Crippen LogP contribution in [0.5, 0.6) is 17.2 Å².